The Morgan fingerprint density at radius 1 is 1.19 bits per heavy atom. The van der Waals surface area contributed by atoms with E-state index in [4.69, 9.17) is 4.74 Å². The summed E-state index contributed by atoms with van der Waals surface area (Å²) in [7, 11) is 0. The summed E-state index contributed by atoms with van der Waals surface area (Å²) < 4.78 is 5.54. The van der Waals surface area contributed by atoms with E-state index < -0.39 is 6.04 Å². The first-order valence-electron chi connectivity index (χ1n) is 9.32. The third kappa shape index (κ3) is 5.03. The van der Waals surface area contributed by atoms with Crippen LogP contribution < -0.4 is 10.1 Å². The van der Waals surface area contributed by atoms with Crippen molar-refractivity contribution >= 4 is 17.5 Å². The van der Waals surface area contributed by atoms with Crippen LogP contribution in [-0.2, 0) is 9.59 Å². The Balaban J connectivity index is 1.61. The van der Waals surface area contributed by atoms with Gasteiger partial charge >= 0.3 is 6.01 Å². The molecule has 0 bridgehead atoms. The van der Waals surface area contributed by atoms with E-state index in [0.29, 0.717) is 30.8 Å². The van der Waals surface area contributed by atoms with Gasteiger partial charge in [0, 0.05) is 31.0 Å². The molecule has 2 amide bonds. The smallest absolute Gasteiger partial charge is 0.321 e. The molecule has 1 atom stereocenters. The molecule has 0 aliphatic carbocycles. The Bertz CT molecular complexity index is 765. The van der Waals surface area contributed by atoms with Gasteiger partial charge in [-0.25, -0.2) is 9.97 Å². The first-order valence-corrected chi connectivity index (χ1v) is 9.32. The van der Waals surface area contributed by atoms with Crippen LogP contribution in [0.1, 0.15) is 39.0 Å². The normalized spacial score (nSPS) is 16.6. The third-order valence-corrected chi connectivity index (χ3v) is 4.46. The summed E-state index contributed by atoms with van der Waals surface area (Å²) in [5, 5.41) is 2.91. The Morgan fingerprint density at radius 2 is 1.93 bits per heavy atom. The number of anilines is 1. The van der Waals surface area contributed by atoms with Gasteiger partial charge in [-0.1, -0.05) is 6.92 Å². The molecule has 27 heavy (non-hydrogen) atoms. The maximum absolute atomic E-state index is 12.7. The van der Waals surface area contributed by atoms with Gasteiger partial charge in [0.2, 0.25) is 11.8 Å². The zero-order valence-electron chi connectivity index (χ0n) is 15.4. The first kappa shape index (κ1) is 18.8. The van der Waals surface area contributed by atoms with E-state index >= 15 is 0 Å². The van der Waals surface area contributed by atoms with Crippen LogP contribution in [0.25, 0.3) is 0 Å². The third-order valence-electron chi connectivity index (χ3n) is 4.46. The van der Waals surface area contributed by atoms with Crippen molar-refractivity contribution in [3.63, 3.8) is 0 Å². The van der Waals surface area contributed by atoms with Crippen LogP contribution >= 0.6 is 0 Å². The lowest BCUT2D eigenvalue weighted by Crippen LogP contribution is -2.49. The van der Waals surface area contributed by atoms with Crippen LogP contribution in [0.4, 0.5) is 5.69 Å². The number of carbonyl (C=O) groups excluding carboxylic acids is 2. The second kappa shape index (κ2) is 9.12. The first-order chi connectivity index (χ1) is 13.2. The number of carbonyl (C=O) groups is 2. The number of likely N-dealkylation sites (tertiary alicyclic amines) is 1. The topological polar surface area (TPSA) is 84.4 Å². The minimum atomic E-state index is -0.397. The highest BCUT2D eigenvalue weighted by Gasteiger charge is 2.31. The van der Waals surface area contributed by atoms with Crippen LogP contribution in [0.15, 0.2) is 42.7 Å². The fourth-order valence-electron chi connectivity index (χ4n) is 3.14. The van der Waals surface area contributed by atoms with Crippen molar-refractivity contribution in [1.82, 2.24) is 14.9 Å². The molecule has 1 unspecified atom stereocenters. The Labute approximate surface area is 158 Å². The Hall–Kier alpha value is -2.96. The maximum Gasteiger partial charge on any atom is 0.321 e. The van der Waals surface area contributed by atoms with Crippen molar-refractivity contribution < 1.29 is 14.3 Å². The van der Waals surface area contributed by atoms with E-state index in [9.17, 15) is 9.59 Å². The Morgan fingerprint density at radius 3 is 2.63 bits per heavy atom. The fourth-order valence-corrected chi connectivity index (χ4v) is 3.14. The van der Waals surface area contributed by atoms with E-state index in [0.717, 1.165) is 19.3 Å². The molecule has 0 saturated carbocycles. The second-order valence-corrected chi connectivity index (χ2v) is 6.50. The number of rotatable bonds is 6. The number of ether oxygens (including phenoxy) is 1. The van der Waals surface area contributed by atoms with Gasteiger partial charge < -0.3 is 15.0 Å². The van der Waals surface area contributed by atoms with E-state index in [1.54, 1.807) is 47.6 Å². The molecule has 0 radical (unpaired) electrons. The SMILES string of the molecule is CCCC(=O)N1CCCCC1C(=O)Nc1ccc(Oc2ncccn2)cc1. The van der Waals surface area contributed by atoms with E-state index in [1.165, 1.54) is 0 Å². The van der Waals surface area contributed by atoms with Crippen LogP contribution in [-0.4, -0.2) is 39.3 Å². The molecule has 1 aliphatic heterocycles. The standard InChI is InChI=1S/C20H24N4O3/c1-2-6-18(25)24-14-4-3-7-17(24)19(26)23-15-8-10-16(11-9-15)27-20-21-12-5-13-22-20/h5,8-13,17H,2-4,6-7,14H2,1H3,(H,23,26). The van der Waals surface area contributed by atoms with Gasteiger partial charge in [0.05, 0.1) is 0 Å². The minimum absolute atomic E-state index is 0.0592. The summed E-state index contributed by atoms with van der Waals surface area (Å²) in [5.41, 5.74) is 0.662. The summed E-state index contributed by atoms with van der Waals surface area (Å²) in [6.07, 6.45) is 7.09. The number of aromatic nitrogens is 2. The predicted octanol–water partition coefficient (Wildman–Crippen LogP) is 3.39. The maximum atomic E-state index is 12.7. The molecule has 142 valence electrons. The summed E-state index contributed by atoms with van der Waals surface area (Å²) >= 11 is 0. The highest BCUT2D eigenvalue weighted by atomic mass is 16.5. The lowest BCUT2D eigenvalue weighted by Gasteiger charge is -2.34. The van der Waals surface area contributed by atoms with Crippen LogP contribution in [0, 0.1) is 0 Å². The summed E-state index contributed by atoms with van der Waals surface area (Å²) in [6.45, 7) is 2.63. The van der Waals surface area contributed by atoms with Crippen LogP contribution in [0.5, 0.6) is 11.8 Å². The summed E-state index contributed by atoms with van der Waals surface area (Å²) in [6, 6.07) is 8.59. The zero-order chi connectivity index (χ0) is 19.1. The van der Waals surface area contributed by atoms with Crippen molar-refractivity contribution in [2.75, 3.05) is 11.9 Å². The average Bonchev–Trinajstić information content (AvgIpc) is 2.70. The van der Waals surface area contributed by atoms with Crippen molar-refractivity contribution in [3.8, 4) is 11.8 Å². The molecule has 1 aromatic heterocycles. The van der Waals surface area contributed by atoms with Gasteiger partial charge in [-0.15, -0.1) is 0 Å². The molecule has 3 rings (SSSR count). The molecule has 1 saturated heterocycles. The van der Waals surface area contributed by atoms with Gasteiger partial charge in [-0.2, -0.15) is 0 Å². The van der Waals surface area contributed by atoms with Gasteiger partial charge in [0.1, 0.15) is 11.8 Å². The highest BCUT2D eigenvalue weighted by Crippen LogP contribution is 2.22. The van der Waals surface area contributed by atoms with Gasteiger partial charge in [0.15, 0.2) is 0 Å². The quantitative estimate of drug-likeness (QED) is 0.845. The fraction of sp³-hybridized carbons (Fsp3) is 0.400. The largest absolute Gasteiger partial charge is 0.424 e. The van der Waals surface area contributed by atoms with Gasteiger partial charge in [-0.3, -0.25) is 9.59 Å². The number of nitrogens with one attached hydrogen (secondary N) is 1. The van der Waals surface area contributed by atoms with Crippen molar-refractivity contribution in [3.05, 3.63) is 42.7 Å². The molecule has 1 aromatic carbocycles. The lowest BCUT2D eigenvalue weighted by atomic mass is 10.0. The van der Waals surface area contributed by atoms with E-state index in [-0.39, 0.29) is 17.8 Å². The van der Waals surface area contributed by atoms with E-state index in [1.807, 2.05) is 6.92 Å². The summed E-state index contributed by atoms with van der Waals surface area (Å²) in [4.78, 5) is 34.7. The molecule has 2 heterocycles. The molecule has 0 spiro atoms. The molecule has 2 aromatic rings. The highest BCUT2D eigenvalue weighted by molar-refractivity contribution is 5.97. The van der Waals surface area contributed by atoms with Gasteiger partial charge in [-0.05, 0) is 56.0 Å². The predicted molar refractivity (Wildman–Crippen MR) is 101 cm³/mol. The van der Waals surface area contributed by atoms with Crippen LogP contribution in [0.3, 0.4) is 0 Å². The number of hydrogen-bond donors (Lipinski definition) is 1. The molecule has 7 nitrogen and oxygen atoms in total. The van der Waals surface area contributed by atoms with Crippen molar-refractivity contribution in [1.29, 1.82) is 0 Å². The molecule has 1 N–H and O–H groups in total. The lowest BCUT2D eigenvalue weighted by molar-refractivity contribution is -0.140. The second-order valence-electron chi connectivity index (χ2n) is 6.50. The van der Waals surface area contributed by atoms with Crippen molar-refractivity contribution in [2.45, 2.75) is 45.1 Å². The summed E-state index contributed by atoms with van der Waals surface area (Å²) in [5.74, 6) is 0.500. The number of nitrogens with zero attached hydrogens (tertiary/aromatic N) is 3. The van der Waals surface area contributed by atoms with E-state index in [2.05, 4.69) is 15.3 Å². The molecule has 1 aliphatic rings. The molecule has 7 heteroatoms. The van der Waals surface area contributed by atoms with Crippen molar-refractivity contribution in [2.24, 2.45) is 0 Å². The number of benzene rings is 1. The zero-order valence-corrected chi connectivity index (χ0v) is 15.4. The Kier molecular flexibility index (Phi) is 6.35. The van der Waals surface area contributed by atoms with Crippen LogP contribution in [0.2, 0.25) is 0 Å². The molecule has 1 fully saturated rings. The number of amides is 2. The molecular formula is C20H24N4O3. The molecular weight excluding hydrogens is 344 g/mol. The minimum Gasteiger partial charge on any atom is -0.424 e. The average molecular weight is 368 g/mol. The monoisotopic (exact) mass is 368 g/mol. The number of piperidine rings is 1. The number of hydrogen-bond acceptors (Lipinski definition) is 5. The van der Waals surface area contributed by atoms with Gasteiger partial charge in [0.25, 0.3) is 0 Å².